The van der Waals surface area contributed by atoms with E-state index in [9.17, 15) is 32.4 Å². The minimum Gasteiger partial charge on any atom is -0.347 e. The van der Waals surface area contributed by atoms with Crippen LogP contribution < -0.4 is 21.3 Å². The van der Waals surface area contributed by atoms with Crippen molar-refractivity contribution in [2.75, 3.05) is 12.3 Å². The van der Waals surface area contributed by atoms with Gasteiger partial charge in [0.1, 0.15) is 12.1 Å². The quantitative estimate of drug-likeness (QED) is 0.227. The number of nitrogens with one attached hydrogen (secondary N) is 4. The van der Waals surface area contributed by atoms with Crippen molar-refractivity contribution in [2.45, 2.75) is 155 Å². The van der Waals surface area contributed by atoms with Crippen LogP contribution >= 0.6 is 0 Å². The molecule has 0 aromatic carbocycles. The van der Waals surface area contributed by atoms with Gasteiger partial charge in [0.25, 0.3) is 5.91 Å². The highest BCUT2D eigenvalue weighted by atomic mass is 32.2. The Balaban J connectivity index is 1.54. The number of hydrogen-bond acceptors (Lipinski definition) is 7. The number of rotatable bonds is 12. The second-order valence-corrected chi connectivity index (χ2v) is 20.2. The molecule has 13 heteroatoms. The maximum absolute atomic E-state index is 14.4. The highest BCUT2D eigenvalue weighted by Gasteiger charge is 2.70. The fraction of sp³-hybridized carbons (Fsp3) is 0.857. The molecule has 5 atom stereocenters. The number of hydrogen-bond donors (Lipinski definition) is 4. The summed E-state index contributed by atoms with van der Waals surface area (Å²) >= 11 is 0. The molecule has 3 aliphatic carbocycles. The van der Waals surface area contributed by atoms with E-state index in [0.29, 0.717) is 32.2 Å². The van der Waals surface area contributed by atoms with Crippen molar-refractivity contribution in [3.05, 3.63) is 0 Å². The van der Waals surface area contributed by atoms with Crippen LogP contribution in [0.3, 0.4) is 0 Å². The SMILES string of the molecule is CCCC(NC(=O)[C@@H]1C2C(CN1C(=O)[C@@H](NC(=O)NC1(CS(=O)(=O)C(C)(C)C)CCCCC1)C(C)(C)C)C2(C)C)C(=O)C(=O)NC1CC1. The van der Waals surface area contributed by atoms with E-state index in [0.717, 1.165) is 32.1 Å². The maximum Gasteiger partial charge on any atom is 0.315 e. The number of piperidine rings is 1. The van der Waals surface area contributed by atoms with Crippen molar-refractivity contribution < 1.29 is 32.4 Å². The van der Waals surface area contributed by atoms with Gasteiger partial charge in [0.15, 0.2) is 9.84 Å². The lowest BCUT2D eigenvalue weighted by molar-refractivity contribution is -0.145. The van der Waals surface area contributed by atoms with Crippen LogP contribution in [0.15, 0.2) is 0 Å². The first-order valence-electron chi connectivity index (χ1n) is 17.8. The molecule has 5 amide bonds. The summed E-state index contributed by atoms with van der Waals surface area (Å²) in [7, 11) is -3.56. The van der Waals surface area contributed by atoms with Crippen LogP contribution in [0.25, 0.3) is 0 Å². The summed E-state index contributed by atoms with van der Waals surface area (Å²) in [6.45, 7) is 16.8. The number of sulfone groups is 1. The third kappa shape index (κ3) is 8.18. The van der Waals surface area contributed by atoms with Gasteiger partial charge in [-0.1, -0.05) is 67.2 Å². The molecular weight excluding hydrogens is 634 g/mol. The maximum atomic E-state index is 14.4. The number of ketones is 1. The molecule has 0 aromatic heterocycles. The number of Topliss-reactive ketones (excluding diaryl/α,β-unsaturated/α-hetero) is 1. The van der Waals surface area contributed by atoms with Crippen molar-refractivity contribution in [3.8, 4) is 0 Å². The lowest BCUT2D eigenvalue weighted by Crippen LogP contribution is -2.64. The van der Waals surface area contributed by atoms with Gasteiger partial charge in [0.05, 0.1) is 22.1 Å². The van der Waals surface area contributed by atoms with Crippen LogP contribution in [-0.2, 0) is 29.0 Å². The van der Waals surface area contributed by atoms with Gasteiger partial charge in [-0.05, 0) is 75.5 Å². The van der Waals surface area contributed by atoms with E-state index in [2.05, 4.69) is 35.1 Å². The van der Waals surface area contributed by atoms with Gasteiger partial charge < -0.3 is 26.2 Å². The average molecular weight is 694 g/mol. The number of urea groups is 1. The fourth-order valence-corrected chi connectivity index (χ4v) is 9.13. The number of amides is 5. The van der Waals surface area contributed by atoms with Crippen LogP contribution in [0.5, 0.6) is 0 Å². The molecule has 48 heavy (non-hydrogen) atoms. The zero-order valence-corrected chi connectivity index (χ0v) is 31.3. The largest absolute Gasteiger partial charge is 0.347 e. The van der Waals surface area contributed by atoms with Crippen LogP contribution in [-0.4, -0.2) is 89.6 Å². The molecule has 1 heterocycles. The molecule has 1 aliphatic heterocycles. The van der Waals surface area contributed by atoms with Gasteiger partial charge in [-0.15, -0.1) is 0 Å². The molecule has 3 unspecified atom stereocenters. The molecule has 4 rings (SSSR count). The van der Waals surface area contributed by atoms with E-state index in [1.807, 2.05) is 27.7 Å². The molecule has 4 fully saturated rings. The lowest BCUT2D eigenvalue weighted by Gasteiger charge is -2.41. The van der Waals surface area contributed by atoms with Gasteiger partial charge in [-0.25, -0.2) is 13.2 Å². The minimum atomic E-state index is -3.56. The molecule has 4 aliphatic rings. The first kappa shape index (κ1) is 38.1. The summed E-state index contributed by atoms with van der Waals surface area (Å²) in [5.74, 6) is -2.53. The molecule has 1 saturated heterocycles. The molecule has 4 N–H and O–H groups in total. The van der Waals surface area contributed by atoms with Gasteiger partial charge in [-0.2, -0.15) is 0 Å². The topological polar surface area (TPSA) is 171 Å². The summed E-state index contributed by atoms with van der Waals surface area (Å²) in [6, 6.07) is -3.50. The normalized spacial score (nSPS) is 26.0. The number of fused-ring (bicyclic) bond motifs is 1. The van der Waals surface area contributed by atoms with Crippen LogP contribution in [0.1, 0.15) is 120 Å². The minimum absolute atomic E-state index is 0.00492. The zero-order chi connectivity index (χ0) is 36.0. The number of likely N-dealkylation sites (tertiary alicyclic amines) is 1. The highest BCUT2D eigenvalue weighted by molar-refractivity contribution is 7.92. The third-order valence-corrected chi connectivity index (χ3v) is 13.9. The predicted molar refractivity (Wildman–Crippen MR) is 184 cm³/mol. The van der Waals surface area contributed by atoms with Crippen molar-refractivity contribution in [1.82, 2.24) is 26.2 Å². The first-order valence-corrected chi connectivity index (χ1v) is 19.5. The summed E-state index contributed by atoms with van der Waals surface area (Å²) in [5.41, 5.74) is -1.90. The van der Waals surface area contributed by atoms with Gasteiger partial charge in [0.2, 0.25) is 17.6 Å². The first-order chi connectivity index (χ1) is 22.0. The Kier molecular flexibility index (Phi) is 10.8. The van der Waals surface area contributed by atoms with Crippen molar-refractivity contribution in [3.63, 3.8) is 0 Å². The van der Waals surface area contributed by atoms with E-state index in [1.165, 1.54) is 4.90 Å². The summed E-state index contributed by atoms with van der Waals surface area (Å²) in [6.07, 6.45) is 6.10. The van der Waals surface area contributed by atoms with Crippen molar-refractivity contribution in [1.29, 1.82) is 0 Å². The zero-order valence-electron chi connectivity index (χ0n) is 30.5. The molecule has 272 valence electrons. The molecule has 3 saturated carbocycles. The van der Waals surface area contributed by atoms with E-state index in [-0.39, 0.29) is 29.0 Å². The van der Waals surface area contributed by atoms with E-state index < -0.39 is 73.2 Å². The summed E-state index contributed by atoms with van der Waals surface area (Å²) < 4.78 is 25.6. The molecular formula is C35H59N5O7S. The van der Waals surface area contributed by atoms with Gasteiger partial charge in [0, 0.05) is 12.6 Å². The molecule has 0 radical (unpaired) electrons. The number of nitrogens with zero attached hydrogens (tertiary/aromatic N) is 1. The molecule has 0 aromatic rings. The van der Waals surface area contributed by atoms with Crippen molar-refractivity contribution in [2.24, 2.45) is 22.7 Å². The monoisotopic (exact) mass is 693 g/mol. The second kappa shape index (κ2) is 13.5. The highest BCUT2D eigenvalue weighted by Crippen LogP contribution is 2.65. The average Bonchev–Trinajstić information content (AvgIpc) is 3.81. The predicted octanol–water partition coefficient (Wildman–Crippen LogP) is 3.23. The molecule has 0 bridgehead atoms. The Labute approximate surface area is 287 Å². The fourth-order valence-electron chi connectivity index (χ4n) is 7.61. The Bertz CT molecular complexity index is 1390. The smallest absolute Gasteiger partial charge is 0.315 e. The molecule has 12 nitrogen and oxygen atoms in total. The number of carbonyl (C=O) groups is 5. The number of carbonyl (C=O) groups excluding carboxylic acids is 5. The Morgan fingerprint density at radius 2 is 1.52 bits per heavy atom. The van der Waals surface area contributed by atoms with Crippen LogP contribution in [0.2, 0.25) is 0 Å². The van der Waals surface area contributed by atoms with E-state index in [1.54, 1.807) is 20.8 Å². The van der Waals surface area contributed by atoms with Gasteiger partial charge in [-0.3, -0.25) is 19.2 Å². The third-order valence-electron chi connectivity index (χ3n) is 11.1. The second-order valence-electron chi connectivity index (χ2n) is 17.5. The van der Waals surface area contributed by atoms with Gasteiger partial charge >= 0.3 is 6.03 Å². The van der Waals surface area contributed by atoms with E-state index >= 15 is 0 Å². The van der Waals surface area contributed by atoms with Crippen LogP contribution in [0.4, 0.5) is 4.79 Å². The lowest BCUT2D eigenvalue weighted by atomic mass is 9.83. The molecule has 0 spiro atoms. The Morgan fingerprint density at radius 3 is 2.04 bits per heavy atom. The van der Waals surface area contributed by atoms with E-state index in [4.69, 9.17) is 0 Å². The Morgan fingerprint density at radius 1 is 0.917 bits per heavy atom. The van der Waals surface area contributed by atoms with Crippen molar-refractivity contribution >= 4 is 39.4 Å². The summed E-state index contributed by atoms with van der Waals surface area (Å²) in [5, 5.41) is 11.4. The summed E-state index contributed by atoms with van der Waals surface area (Å²) in [4.78, 5) is 69.3. The Hall–Kier alpha value is -2.70. The van der Waals surface area contributed by atoms with Crippen LogP contribution in [0, 0.1) is 22.7 Å². The standard InChI is InChI=1S/C35H59N5O7S/c1-10-14-23(26(41)29(43)36-21-15-16-21)37-28(42)25-24-22(34(24,8)9)19-40(25)30(44)27(32(2,3)4)38-31(45)39-35(17-12-11-13-18-35)20-48(46,47)33(5,6)7/h21-25,27H,10-20H2,1-9H3,(H,36,43)(H,37,42)(H2,38,39,45)/t22?,23?,24?,25-,27+/m0/s1.